The van der Waals surface area contributed by atoms with Crippen molar-refractivity contribution in [2.24, 2.45) is 5.92 Å². The van der Waals surface area contributed by atoms with E-state index in [2.05, 4.69) is 34.2 Å². The van der Waals surface area contributed by atoms with Crippen LogP contribution < -0.4 is 5.32 Å². The molecule has 6 nitrogen and oxygen atoms in total. The van der Waals surface area contributed by atoms with Gasteiger partial charge in [0.05, 0.1) is 12.2 Å². The molecule has 0 spiro atoms. The van der Waals surface area contributed by atoms with Crippen molar-refractivity contribution in [2.45, 2.75) is 53.4 Å². The first-order chi connectivity index (χ1) is 12.1. The number of halogens is 3. The SMILES string of the molecule is CCn1nc(CC(C)C)cc1C(=O)NCc1nc(C)cc(C(F)(F)F)n1. The van der Waals surface area contributed by atoms with Crippen LogP contribution in [-0.4, -0.2) is 25.7 Å². The summed E-state index contributed by atoms with van der Waals surface area (Å²) in [5, 5.41) is 6.95. The molecule has 0 saturated heterocycles. The molecule has 0 aliphatic heterocycles. The largest absolute Gasteiger partial charge is 0.433 e. The predicted octanol–water partition coefficient (Wildman–Crippen LogP) is 3.15. The van der Waals surface area contributed by atoms with Gasteiger partial charge in [-0.3, -0.25) is 9.48 Å². The average Bonchev–Trinajstić information content (AvgIpc) is 2.93. The highest BCUT2D eigenvalue weighted by atomic mass is 19.4. The summed E-state index contributed by atoms with van der Waals surface area (Å²) >= 11 is 0. The zero-order valence-corrected chi connectivity index (χ0v) is 15.2. The van der Waals surface area contributed by atoms with Crippen LogP contribution in [0.15, 0.2) is 12.1 Å². The van der Waals surface area contributed by atoms with E-state index in [1.165, 1.54) is 6.92 Å². The number of rotatable bonds is 6. The van der Waals surface area contributed by atoms with E-state index in [1.54, 1.807) is 10.7 Å². The maximum Gasteiger partial charge on any atom is 0.433 e. The zero-order chi connectivity index (χ0) is 19.5. The Morgan fingerprint density at radius 1 is 1.27 bits per heavy atom. The van der Waals surface area contributed by atoms with Gasteiger partial charge in [0.25, 0.3) is 5.91 Å². The third-order valence-corrected chi connectivity index (χ3v) is 3.58. The topological polar surface area (TPSA) is 72.7 Å². The van der Waals surface area contributed by atoms with Gasteiger partial charge in [0.15, 0.2) is 0 Å². The number of aromatic nitrogens is 4. The van der Waals surface area contributed by atoms with E-state index in [0.717, 1.165) is 18.2 Å². The minimum atomic E-state index is -4.56. The van der Waals surface area contributed by atoms with Gasteiger partial charge < -0.3 is 5.32 Å². The second-order valence-electron chi connectivity index (χ2n) is 6.43. The molecular weight excluding hydrogens is 347 g/mol. The summed E-state index contributed by atoms with van der Waals surface area (Å²) in [4.78, 5) is 19.9. The van der Waals surface area contributed by atoms with Crippen LogP contribution in [0.5, 0.6) is 0 Å². The Bertz CT molecular complexity index is 783. The van der Waals surface area contributed by atoms with Gasteiger partial charge in [0, 0.05) is 12.2 Å². The van der Waals surface area contributed by atoms with Gasteiger partial charge in [0.2, 0.25) is 0 Å². The molecule has 0 fully saturated rings. The van der Waals surface area contributed by atoms with Crippen molar-refractivity contribution in [3.63, 3.8) is 0 Å². The maximum absolute atomic E-state index is 12.8. The molecule has 26 heavy (non-hydrogen) atoms. The smallest absolute Gasteiger partial charge is 0.343 e. The summed E-state index contributed by atoms with van der Waals surface area (Å²) in [6.07, 6.45) is -3.82. The number of carbonyl (C=O) groups is 1. The molecule has 0 unspecified atom stereocenters. The Morgan fingerprint density at radius 2 is 1.96 bits per heavy atom. The molecule has 0 saturated carbocycles. The molecule has 2 rings (SSSR count). The summed E-state index contributed by atoms with van der Waals surface area (Å²) in [7, 11) is 0. The molecule has 142 valence electrons. The third kappa shape index (κ3) is 5.03. The Balaban J connectivity index is 2.14. The van der Waals surface area contributed by atoms with E-state index < -0.39 is 17.8 Å². The van der Waals surface area contributed by atoms with Crippen LogP contribution in [0.3, 0.4) is 0 Å². The van der Waals surface area contributed by atoms with Crippen molar-refractivity contribution in [1.29, 1.82) is 0 Å². The number of carbonyl (C=O) groups excluding carboxylic acids is 1. The summed E-state index contributed by atoms with van der Waals surface area (Å²) in [6, 6.07) is 2.58. The van der Waals surface area contributed by atoms with Gasteiger partial charge in [0.1, 0.15) is 17.2 Å². The van der Waals surface area contributed by atoms with E-state index in [-0.39, 0.29) is 18.1 Å². The van der Waals surface area contributed by atoms with Gasteiger partial charge in [-0.2, -0.15) is 18.3 Å². The van der Waals surface area contributed by atoms with E-state index in [1.807, 2.05) is 6.92 Å². The lowest BCUT2D eigenvalue weighted by Crippen LogP contribution is -2.27. The fourth-order valence-corrected chi connectivity index (χ4v) is 2.52. The first-order valence-electron chi connectivity index (χ1n) is 8.36. The number of hydrogen-bond donors (Lipinski definition) is 1. The van der Waals surface area contributed by atoms with Crippen molar-refractivity contribution < 1.29 is 18.0 Å². The van der Waals surface area contributed by atoms with Gasteiger partial charge in [-0.05, 0) is 38.3 Å². The molecule has 2 aromatic heterocycles. The van der Waals surface area contributed by atoms with Crippen LogP contribution in [-0.2, 0) is 25.7 Å². The van der Waals surface area contributed by atoms with Crippen LogP contribution in [0, 0.1) is 12.8 Å². The van der Waals surface area contributed by atoms with Crippen LogP contribution >= 0.6 is 0 Å². The van der Waals surface area contributed by atoms with Crippen LogP contribution in [0.25, 0.3) is 0 Å². The molecule has 0 atom stereocenters. The highest BCUT2D eigenvalue weighted by molar-refractivity contribution is 5.92. The molecule has 1 amide bonds. The molecule has 1 N–H and O–H groups in total. The van der Waals surface area contributed by atoms with E-state index in [4.69, 9.17) is 0 Å². The van der Waals surface area contributed by atoms with Crippen molar-refractivity contribution in [3.05, 3.63) is 40.7 Å². The van der Waals surface area contributed by atoms with E-state index in [9.17, 15) is 18.0 Å². The summed E-state index contributed by atoms with van der Waals surface area (Å²) in [6.45, 7) is 7.74. The van der Waals surface area contributed by atoms with Gasteiger partial charge in [-0.1, -0.05) is 13.8 Å². The number of alkyl halides is 3. The fourth-order valence-electron chi connectivity index (χ4n) is 2.52. The summed E-state index contributed by atoms with van der Waals surface area (Å²) in [5.41, 5.74) is 0.339. The number of amides is 1. The second-order valence-corrected chi connectivity index (χ2v) is 6.43. The van der Waals surface area contributed by atoms with Crippen molar-refractivity contribution in [3.8, 4) is 0 Å². The Labute approximate surface area is 149 Å². The Kier molecular flexibility index (Phi) is 5.99. The molecule has 0 aliphatic carbocycles. The molecule has 0 aromatic carbocycles. The number of nitrogens with one attached hydrogen (secondary N) is 1. The van der Waals surface area contributed by atoms with Gasteiger partial charge in [-0.25, -0.2) is 9.97 Å². The molecule has 2 heterocycles. The van der Waals surface area contributed by atoms with Gasteiger partial charge in [-0.15, -0.1) is 0 Å². The van der Waals surface area contributed by atoms with Crippen molar-refractivity contribution >= 4 is 5.91 Å². The average molecular weight is 369 g/mol. The Hall–Kier alpha value is -2.45. The molecule has 0 aliphatic rings. The fraction of sp³-hybridized carbons (Fsp3) is 0.529. The van der Waals surface area contributed by atoms with Crippen LogP contribution in [0.4, 0.5) is 13.2 Å². The third-order valence-electron chi connectivity index (χ3n) is 3.58. The first-order valence-corrected chi connectivity index (χ1v) is 8.36. The first kappa shape index (κ1) is 19.9. The molecule has 0 bridgehead atoms. The molecule has 9 heteroatoms. The van der Waals surface area contributed by atoms with Gasteiger partial charge >= 0.3 is 6.18 Å². The van der Waals surface area contributed by atoms with Crippen molar-refractivity contribution in [1.82, 2.24) is 25.1 Å². The highest BCUT2D eigenvalue weighted by Gasteiger charge is 2.33. The second kappa shape index (κ2) is 7.84. The van der Waals surface area contributed by atoms with Crippen molar-refractivity contribution in [2.75, 3.05) is 0 Å². The predicted molar refractivity (Wildman–Crippen MR) is 89.4 cm³/mol. The summed E-state index contributed by atoms with van der Waals surface area (Å²) < 4.78 is 40.1. The molecule has 2 aromatic rings. The maximum atomic E-state index is 12.8. The van der Waals surface area contributed by atoms with E-state index in [0.29, 0.717) is 18.2 Å². The molecular formula is C17H22F3N5O. The van der Waals surface area contributed by atoms with Crippen LogP contribution in [0.1, 0.15) is 54.2 Å². The highest BCUT2D eigenvalue weighted by Crippen LogP contribution is 2.27. The summed E-state index contributed by atoms with van der Waals surface area (Å²) in [5.74, 6) is -0.115. The normalized spacial score (nSPS) is 11.8. The lowest BCUT2D eigenvalue weighted by Gasteiger charge is -2.10. The quantitative estimate of drug-likeness (QED) is 0.849. The lowest BCUT2D eigenvalue weighted by atomic mass is 10.1. The zero-order valence-electron chi connectivity index (χ0n) is 15.2. The lowest BCUT2D eigenvalue weighted by molar-refractivity contribution is -0.141. The minimum Gasteiger partial charge on any atom is -0.343 e. The van der Waals surface area contributed by atoms with Crippen LogP contribution in [0.2, 0.25) is 0 Å². The minimum absolute atomic E-state index is 0.0874. The molecule has 0 radical (unpaired) electrons. The number of hydrogen-bond acceptors (Lipinski definition) is 4. The monoisotopic (exact) mass is 369 g/mol. The number of nitrogens with zero attached hydrogens (tertiary/aromatic N) is 4. The Morgan fingerprint density at radius 3 is 2.54 bits per heavy atom. The standard InChI is InChI=1S/C17H22F3N5O/c1-5-25-13(8-12(24-25)6-10(2)3)16(26)21-9-15-22-11(4)7-14(23-15)17(18,19)20/h7-8,10H,5-6,9H2,1-4H3,(H,21,26). The van der Waals surface area contributed by atoms with E-state index >= 15 is 0 Å². The number of aryl methyl sites for hydroxylation is 2.